The number of phenolic OH excluding ortho intramolecular Hbond substituents is 1. The second kappa shape index (κ2) is 5.93. The molecule has 3 nitrogen and oxygen atoms in total. The molecule has 0 spiro atoms. The maximum atomic E-state index is 10.2. The van der Waals surface area contributed by atoms with Gasteiger partial charge < -0.3 is 5.11 Å². The molecule has 0 amide bonds. The second-order valence-corrected chi connectivity index (χ2v) is 5.88. The summed E-state index contributed by atoms with van der Waals surface area (Å²) in [6.07, 6.45) is 5.24. The molecule has 3 heteroatoms. The SMILES string of the molecule is Oc1cccc(CN2CCCC2)c1CN1CCCC1. The minimum absolute atomic E-state index is 0.476. The van der Waals surface area contributed by atoms with Crippen molar-refractivity contribution in [2.24, 2.45) is 0 Å². The lowest BCUT2D eigenvalue weighted by molar-refractivity contribution is 0.308. The van der Waals surface area contributed by atoms with Gasteiger partial charge in [-0.25, -0.2) is 0 Å². The van der Waals surface area contributed by atoms with Crippen molar-refractivity contribution < 1.29 is 5.11 Å². The number of nitrogens with zero attached hydrogens (tertiary/aromatic N) is 2. The highest BCUT2D eigenvalue weighted by Gasteiger charge is 2.18. The van der Waals surface area contributed by atoms with Crippen molar-refractivity contribution in [1.29, 1.82) is 0 Å². The zero-order valence-corrected chi connectivity index (χ0v) is 11.6. The van der Waals surface area contributed by atoms with Gasteiger partial charge >= 0.3 is 0 Å². The smallest absolute Gasteiger partial charge is 0.120 e. The van der Waals surface area contributed by atoms with Crippen molar-refractivity contribution in [2.75, 3.05) is 26.2 Å². The van der Waals surface area contributed by atoms with E-state index in [4.69, 9.17) is 0 Å². The summed E-state index contributed by atoms with van der Waals surface area (Å²) in [6, 6.07) is 6.00. The van der Waals surface area contributed by atoms with Crippen LogP contribution in [0.3, 0.4) is 0 Å². The molecule has 0 aliphatic carbocycles. The predicted molar refractivity (Wildman–Crippen MR) is 77.1 cm³/mol. The first-order chi connectivity index (χ1) is 9.33. The average Bonchev–Trinajstić information content (AvgIpc) is 3.07. The highest BCUT2D eigenvalue weighted by Crippen LogP contribution is 2.26. The number of hydrogen-bond donors (Lipinski definition) is 1. The number of phenols is 1. The van der Waals surface area contributed by atoms with Crippen LogP contribution in [0.2, 0.25) is 0 Å². The maximum absolute atomic E-state index is 10.2. The van der Waals surface area contributed by atoms with Gasteiger partial charge in [0.15, 0.2) is 0 Å². The van der Waals surface area contributed by atoms with Crippen molar-refractivity contribution in [3.05, 3.63) is 29.3 Å². The molecule has 2 fully saturated rings. The standard InChI is InChI=1S/C16H24N2O/c19-16-7-5-6-14(12-17-8-1-2-9-17)15(16)13-18-10-3-4-11-18/h5-7,19H,1-4,8-13H2. The molecule has 0 radical (unpaired) electrons. The molecule has 19 heavy (non-hydrogen) atoms. The molecular formula is C16H24N2O. The number of likely N-dealkylation sites (tertiary alicyclic amines) is 2. The van der Waals surface area contributed by atoms with Crippen LogP contribution >= 0.6 is 0 Å². The summed E-state index contributed by atoms with van der Waals surface area (Å²) < 4.78 is 0. The molecule has 1 aromatic carbocycles. The average molecular weight is 260 g/mol. The Morgan fingerprint density at radius 3 is 2.05 bits per heavy atom. The Kier molecular flexibility index (Phi) is 4.04. The summed E-state index contributed by atoms with van der Waals surface area (Å²) in [6.45, 7) is 6.68. The third-order valence-corrected chi connectivity index (χ3v) is 4.42. The topological polar surface area (TPSA) is 26.7 Å². The van der Waals surface area contributed by atoms with E-state index >= 15 is 0 Å². The first kappa shape index (κ1) is 12.9. The summed E-state index contributed by atoms with van der Waals surface area (Å²) in [5.41, 5.74) is 2.46. The summed E-state index contributed by atoms with van der Waals surface area (Å²) in [7, 11) is 0. The molecule has 1 N–H and O–H groups in total. The zero-order chi connectivity index (χ0) is 13.1. The Bertz CT molecular complexity index is 421. The summed E-state index contributed by atoms with van der Waals surface area (Å²) in [4.78, 5) is 4.96. The van der Waals surface area contributed by atoms with Gasteiger partial charge in [0.05, 0.1) is 0 Å². The normalized spacial score (nSPS) is 21.3. The summed E-state index contributed by atoms with van der Waals surface area (Å²) >= 11 is 0. The molecule has 2 aliphatic rings. The van der Waals surface area contributed by atoms with Gasteiger partial charge in [0, 0.05) is 18.7 Å². The van der Waals surface area contributed by atoms with E-state index in [1.807, 2.05) is 12.1 Å². The Labute approximate surface area is 115 Å². The number of benzene rings is 1. The van der Waals surface area contributed by atoms with Crippen molar-refractivity contribution in [2.45, 2.75) is 38.8 Å². The van der Waals surface area contributed by atoms with Crippen molar-refractivity contribution in [3.63, 3.8) is 0 Å². The first-order valence-corrected chi connectivity index (χ1v) is 7.57. The summed E-state index contributed by atoms with van der Waals surface area (Å²) in [5, 5.41) is 10.2. The predicted octanol–water partition coefficient (Wildman–Crippen LogP) is 2.58. The van der Waals surface area contributed by atoms with Crippen LogP contribution in [-0.2, 0) is 13.1 Å². The molecule has 0 saturated carbocycles. The largest absolute Gasteiger partial charge is 0.508 e. The van der Waals surface area contributed by atoms with E-state index in [0.29, 0.717) is 5.75 Å². The monoisotopic (exact) mass is 260 g/mol. The van der Waals surface area contributed by atoms with Crippen molar-refractivity contribution >= 4 is 0 Å². The second-order valence-electron chi connectivity index (χ2n) is 5.88. The minimum Gasteiger partial charge on any atom is -0.508 e. The summed E-state index contributed by atoms with van der Waals surface area (Å²) in [5.74, 6) is 0.476. The first-order valence-electron chi connectivity index (χ1n) is 7.57. The van der Waals surface area contributed by atoms with Crippen LogP contribution in [0.4, 0.5) is 0 Å². The van der Waals surface area contributed by atoms with E-state index in [9.17, 15) is 5.11 Å². The van der Waals surface area contributed by atoms with Gasteiger partial charge in [-0.2, -0.15) is 0 Å². The fraction of sp³-hybridized carbons (Fsp3) is 0.625. The van der Waals surface area contributed by atoms with Gasteiger partial charge in [-0.1, -0.05) is 12.1 Å². The van der Waals surface area contributed by atoms with Gasteiger partial charge in [-0.05, 0) is 63.5 Å². The number of rotatable bonds is 4. The third-order valence-electron chi connectivity index (χ3n) is 4.42. The van der Waals surface area contributed by atoms with Crippen LogP contribution in [0.5, 0.6) is 5.75 Å². The van der Waals surface area contributed by atoms with Crippen LogP contribution in [0.1, 0.15) is 36.8 Å². The molecule has 0 bridgehead atoms. The number of aromatic hydroxyl groups is 1. The lowest BCUT2D eigenvalue weighted by atomic mass is 10.1. The molecule has 0 aromatic heterocycles. The van der Waals surface area contributed by atoms with E-state index in [1.165, 1.54) is 57.4 Å². The molecule has 0 unspecified atom stereocenters. The Balaban J connectivity index is 1.75. The van der Waals surface area contributed by atoms with Crippen molar-refractivity contribution in [1.82, 2.24) is 9.80 Å². The van der Waals surface area contributed by atoms with Crippen LogP contribution in [0, 0.1) is 0 Å². The van der Waals surface area contributed by atoms with Gasteiger partial charge in [-0.15, -0.1) is 0 Å². The third kappa shape index (κ3) is 3.10. The van der Waals surface area contributed by atoms with Crippen LogP contribution in [0.15, 0.2) is 18.2 Å². The Hall–Kier alpha value is -1.06. The fourth-order valence-electron chi connectivity index (χ4n) is 3.30. The van der Waals surface area contributed by atoms with Gasteiger partial charge in [0.2, 0.25) is 0 Å². The molecule has 3 rings (SSSR count). The van der Waals surface area contributed by atoms with Gasteiger partial charge in [0.1, 0.15) is 5.75 Å². The number of hydrogen-bond acceptors (Lipinski definition) is 3. The lowest BCUT2D eigenvalue weighted by Gasteiger charge is -2.21. The Morgan fingerprint density at radius 2 is 1.42 bits per heavy atom. The highest BCUT2D eigenvalue weighted by atomic mass is 16.3. The van der Waals surface area contributed by atoms with E-state index < -0.39 is 0 Å². The minimum atomic E-state index is 0.476. The Morgan fingerprint density at radius 1 is 0.842 bits per heavy atom. The van der Waals surface area contributed by atoms with E-state index in [1.54, 1.807) is 0 Å². The molecule has 1 aromatic rings. The van der Waals surface area contributed by atoms with Gasteiger partial charge in [-0.3, -0.25) is 9.80 Å². The van der Waals surface area contributed by atoms with Gasteiger partial charge in [0.25, 0.3) is 0 Å². The molecule has 0 atom stereocenters. The van der Waals surface area contributed by atoms with E-state index in [-0.39, 0.29) is 0 Å². The fourth-order valence-corrected chi connectivity index (χ4v) is 3.30. The quantitative estimate of drug-likeness (QED) is 0.901. The van der Waals surface area contributed by atoms with E-state index in [0.717, 1.165) is 18.7 Å². The molecule has 2 saturated heterocycles. The molecule has 2 aliphatic heterocycles. The molecule has 104 valence electrons. The van der Waals surface area contributed by atoms with Crippen LogP contribution < -0.4 is 0 Å². The van der Waals surface area contributed by atoms with Crippen LogP contribution in [-0.4, -0.2) is 41.1 Å². The highest BCUT2D eigenvalue weighted by molar-refractivity contribution is 5.39. The molecule has 2 heterocycles. The molecular weight excluding hydrogens is 236 g/mol. The zero-order valence-electron chi connectivity index (χ0n) is 11.6. The maximum Gasteiger partial charge on any atom is 0.120 e. The van der Waals surface area contributed by atoms with Crippen LogP contribution in [0.25, 0.3) is 0 Å². The van der Waals surface area contributed by atoms with Crippen molar-refractivity contribution in [3.8, 4) is 5.75 Å². The lowest BCUT2D eigenvalue weighted by Crippen LogP contribution is -2.22. The van der Waals surface area contributed by atoms with E-state index in [2.05, 4.69) is 15.9 Å².